The molecular weight excluding hydrogens is 304 g/mol. The van der Waals surface area contributed by atoms with E-state index in [-0.39, 0.29) is 34.2 Å². The molecule has 1 aliphatic heterocycles. The maximum Gasteiger partial charge on any atom is 0.275 e. The van der Waals surface area contributed by atoms with Gasteiger partial charge in [-0.1, -0.05) is 36.4 Å². The maximum absolute atomic E-state index is 11.5. The van der Waals surface area contributed by atoms with Crippen LogP contribution in [0.1, 0.15) is 35.1 Å². The fourth-order valence-electron chi connectivity index (χ4n) is 4.08. The molecule has 1 aliphatic carbocycles. The van der Waals surface area contributed by atoms with Crippen LogP contribution in [0.5, 0.6) is 5.75 Å². The summed E-state index contributed by atoms with van der Waals surface area (Å²) in [5.74, 6) is 0.213. The van der Waals surface area contributed by atoms with Crippen molar-refractivity contribution >= 4 is 11.4 Å². The Labute approximate surface area is 139 Å². The summed E-state index contributed by atoms with van der Waals surface area (Å²) in [5.41, 5.74) is 3.51. The number of hydrogen-bond acceptors (Lipinski definition) is 4. The van der Waals surface area contributed by atoms with Gasteiger partial charge in [0.05, 0.1) is 22.2 Å². The Morgan fingerprint density at radius 2 is 2.04 bits per heavy atom. The number of nitrogens with one attached hydrogen (secondary N) is 1. The molecule has 122 valence electrons. The van der Waals surface area contributed by atoms with Gasteiger partial charge in [0.2, 0.25) is 0 Å². The number of fused-ring (bicyclic) bond motifs is 3. The second-order valence-electron chi connectivity index (χ2n) is 6.48. The predicted octanol–water partition coefficient (Wildman–Crippen LogP) is 4.44. The van der Waals surface area contributed by atoms with Crippen LogP contribution in [0.4, 0.5) is 11.4 Å². The van der Waals surface area contributed by atoms with Crippen LogP contribution in [0.25, 0.3) is 0 Å². The number of rotatable bonds is 2. The molecule has 0 saturated carbocycles. The van der Waals surface area contributed by atoms with Gasteiger partial charge in [0, 0.05) is 12.0 Å². The van der Waals surface area contributed by atoms with E-state index < -0.39 is 0 Å². The van der Waals surface area contributed by atoms with Gasteiger partial charge in [-0.15, -0.1) is 0 Å². The van der Waals surface area contributed by atoms with Gasteiger partial charge in [-0.25, -0.2) is 0 Å². The molecule has 4 rings (SSSR count). The topological polar surface area (TPSA) is 75.4 Å². The van der Waals surface area contributed by atoms with Gasteiger partial charge in [-0.3, -0.25) is 10.1 Å². The highest BCUT2D eigenvalue weighted by Gasteiger charge is 2.42. The van der Waals surface area contributed by atoms with Crippen molar-refractivity contribution in [3.8, 4) is 5.75 Å². The predicted molar refractivity (Wildman–Crippen MR) is 92.3 cm³/mol. The van der Waals surface area contributed by atoms with Crippen molar-refractivity contribution in [2.75, 3.05) is 5.32 Å². The molecule has 0 saturated heterocycles. The summed E-state index contributed by atoms with van der Waals surface area (Å²) in [7, 11) is 0. The zero-order chi connectivity index (χ0) is 16.8. The van der Waals surface area contributed by atoms with E-state index in [1.165, 1.54) is 23.3 Å². The minimum absolute atomic E-state index is 0.0200. The van der Waals surface area contributed by atoms with Crippen LogP contribution in [0.3, 0.4) is 0 Å². The molecule has 5 heteroatoms. The van der Waals surface area contributed by atoms with Crippen molar-refractivity contribution in [2.45, 2.75) is 25.3 Å². The monoisotopic (exact) mass is 322 g/mol. The summed E-state index contributed by atoms with van der Waals surface area (Å²) in [4.78, 5) is 11.1. The van der Waals surface area contributed by atoms with Crippen molar-refractivity contribution < 1.29 is 10.0 Å². The third-order valence-corrected chi connectivity index (χ3v) is 5.19. The zero-order valence-corrected chi connectivity index (χ0v) is 13.3. The number of hydrogen-bond donors (Lipinski definition) is 2. The molecule has 2 N–H and O–H groups in total. The fourth-order valence-corrected chi connectivity index (χ4v) is 4.08. The quantitative estimate of drug-likeness (QED) is 0.371. The van der Waals surface area contributed by atoms with Crippen LogP contribution in [-0.4, -0.2) is 10.0 Å². The largest absolute Gasteiger partial charge is 0.506 e. The summed E-state index contributed by atoms with van der Waals surface area (Å²) < 4.78 is 0. The summed E-state index contributed by atoms with van der Waals surface area (Å²) in [6.07, 6.45) is 5.00. The number of nitro benzene ring substituents is 1. The first-order valence-corrected chi connectivity index (χ1v) is 8.07. The first-order chi connectivity index (χ1) is 11.6. The highest BCUT2D eigenvalue weighted by Crippen LogP contribution is 2.54. The highest BCUT2D eigenvalue weighted by molar-refractivity contribution is 5.73. The van der Waals surface area contributed by atoms with E-state index in [2.05, 4.69) is 30.4 Å². The minimum Gasteiger partial charge on any atom is -0.506 e. The third-order valence-electron chi connectivity index (χ3n) is 5.19. The number of benzene rings is 2. The van der Waals surface area contributed by atoms with Crippen molar-refractivity contribution in [3.63, 3.8) is 0 Å². The van der Waals surface area contributed by atoms with Gasteiger partial charge in [-0.2, -0.15) is 0 Å². The maximum atomic E-state index is 11.5. The van der Waals surface area contributed by atoms with Gasteiger partial charge in [0.25, 0.3) is 5.69 Å². The third kappa shape index (κ3) is 2.08. The SMILES string of the molecule is Cc1ccccc1C1Nc2c(O)ccc([N+](=O)[O-])c2C2C=CCC21. The van der Waals surface area contributed by atoms with E-state index in [1.54, 1.807) is 0 Å². The lowest BCUT2D eigenvalue weighted by Gasteiger charge is -2.37. The molecule has 2 aromatic rings. The number of nitrogens with zero attached hydrogens (tertiary/aromatic N) is 1. The molecule has 0 radical (unpaired) electrons. The Bertz CT molecular complexity index is 860. The Morgan fingerprint density at radius 1 is 1.25 bits per heavy atom. The van der Waals surface area contributed by atoms with Crippen LogP contribution < -0.4 is 5.32 Å². The van der Waals surface area contributed by atoms with Crippen molar-refractivity contribution in [1.82, 2.24) is 0 Å². The van der Waals surface area contributed by atoms with Gasteiger partial charge in [-0.05, 0) is 36.5 Å². The molecule has 3 atom stereocenters. The van der Waals surface area contributed by atoms with Crippen LogP contribution >= 0.6 is 0 Å². The summed E-state index contributed by atoms with van der Waals surface area (Å²) in [6.45, 7) is 2.07. The van der Waals surface area contributed by atoms with Crippen molar-refractivity contribution in [2.24, 2.45) is 5.92 Å². The molecule has 0 aromatic heterocycles. The Hall–Kier alpha value is -2.82. The summed E-state index contributed by atoms with van der Waals surface area (Å²) in [5, 5.41) is 25.2. The lowest BCUT2D eigenvalue weighted by molar-refractivity contribution is -0.385. The van der Waals surface area contributed by atoms with Gasteiger partial charge in [0.1, 0.15) is 5.75 Å². The van der Waals surface area contributed by atoms with Crippen LogP contribution in [-0.2, 0) is 0 Å². The van der Waals surface area contributed by atoms with E-state index in [0.717, 1.165) is 6.42 Å². The van der Waals surface area contributed by atoms with Gasteiger partial charge >= 0.3 is 0 Å². The molecule has 3 unspecified atom stereocenters. The second-order valence-corrected chi connectivity index (χ2v) is 6.48. The molecule has 0 fully saturated rings. The standard InChI is InChI=1S/C19H18N2O3/c1-11-5-2-3-6-12(11)18-14-8-4-7-13(14)17-15(21(23)24)9-10-16(22)19(17)20-18/h2-7,9-10,13-14,18,20,22H,8H2,1H3. The number of aromatic hydroxyl groups is 1. The molecule has 2 aromatic carbocycles. The number of aryl methyl sites for hydroxylation is 1. The Kier molecular flexibility index (Phi) is 3.30. The zero-order valence-electron chi connectivity index (χ0n) is 13.3. The highest BCUT2D eigenvalue weighted by atomic mass is 16.6. The first-order valence-electron chi connectivity index (χ1n) is 8.07. The van der Waals surface area contributed by atoms with E-state index >= 15 is 0 Å². The number of phenolic OH excluding ortho intramolecular Hbond substituents is 1. The summed E-state index contributed by atoms with van der Waals surface area (Å²) >= 11 is 0. The molecule has 24 heavy (non-hydrogen) atoms. The number of anilines is 1. The first kappa shape index (κ1) is 14.8. The van der Waals surface area contributed by atoms with Crippen molar-refractivity contribution in [3.05, 3.63) is 75.4 Å². The van der Waals surface area contributed by atoms with Crippen LogP contribution in [0.2, 0.25) is 0 Å². The van der Waals surface area contributed by atoms with E-state index in [1.807, 2.05) is 18.2 Å². The summed E-state index contributed by atoms with van der Waals surface area (Å²) in [6, 6.07) is 11.0. The van der Waals surface area contributed by atoms with Crippen LogP contribution in [0, 0.1) is 23.0 Å². The van der Waals surface area contributed by atoms with Crippen molar-refractivity contribution in [1.29, 1.82) is 0 Å². The number of nitro groups is 1. The van der Waals surface area contributed by atoms with Gasteiger partial charge < -0.3 is 10.4 Å². The molecule has 1 heterocycles. The molecular formula is C19H18N2O3. The average Bonchev–Trinajstić information content (AvgIpc) is 3.05. The number of allylic oxidation sites excluding steroid dienone is 2. The molecule has 0 bridgehead atoms. The van der Waals surface area contributed by atoms with Crippen LogP contribution in [0.15, 0.2) is 48.6 Å². The smallest absolute Gasteiger partial charge is 0.275 e. The van der Waals surface area contributed by atoms with E-state index in [0.29, 0.717) is 11.3 Å². The van der Waals surface area contributed by atoms with E-state index in [9.17, 15) is 15.2 Å². The molecule has 5 nitrogen and oxygen atoms in total. The van der Waals surface area contributed by atoms with Gasteiger partial charge in [0.15, 0.2) is 0 Å². The fraction of sp³-hybridized carbons (Fsp3) is 0.263. The minimum atomic E-state index is -0.364. The Morgan fingerprint density at radius 3 is 2.79 bits per heavy atom. The lowest BCUT2D eigenvalue weighted by atomic mass is 9.75. The Balaban J connectivity index is 1.90. The second kappa shape index (κ2) is 5.37. The molecule has 0 spiro atoms. The number of phenols is 1. The lowest BCUT2D eigenvalue weighted by Crippen LogP contribution is -2.30. The normalized spacial score (nSPS) is 24.1. The molecule has 0 amide bonds. The molecule has 2 aliphatic rings. The average molecular weight is 322 g/mol. The van der Waals surface area contributed by atoms with E-state index in [4.69, 9.17) is 0 Å².